The van der Waals surface area contributed by atoms with Gasteiger partial charge in [-0.1, -0.05) is 6.92 Å². The van der Waals surface area contributed by atoms with Gasteiger partial charge >= 0.3 is 0 Å². The Labute approximate surface area is 97.4 Å². The Hall–Kier alpha value is -0.650. The number of carbonyl (C=O) groups excluding carboxylic acids is 1. The molecule has 0 aromatic carbocycles. The van der Waals surface area contributed by atoms with Crippen LogP contribution < -0.4 is 5.32 Å². The molecule has 0 bridgehead atoms. The summed E-state index contributed by atoms with van der Waals surface area (Å²) in [6.45, 7) is 6.28. The van der Waals surface area contributed by atoms with Crippen LogP contribution in [-0.2, 0) is 4.79 Å². The summed E-state index contributed by atoms with van der Waals surface area (Å²) in [6.07, 6.45) is 0.371. The minimum absolute atomic E-state index is 0.136. The van der Waals surface area contributed by atoms with Crippen LogP contribution in [0.25, 0.3) is 0 Å². The van der Waals surface area contributed by atoms with Crippen molar-refractivity contribution in [3.05, 3.63) is 0 Å². The van der Waals surface area contributed by atoms with Crippen LogP contribution >= 0.6 is 0 Å². The van der Waals surface area contributed by atoms with Crippen molar-refractivity contribution < 1.29 is 9.90 Å². The van der Waals surface area contributed by atoms with E-state index in [0.717, 1.165) is 32.6 Å². The molecule has 5 heteroatoms. The quantitative estimate of drug-likeness (QED) is 0.643. The van der Waals surface area contributed by atoms with Crippen LogP contribution in [0.2, 0.25) is 0 Å². The monoisotopic (exact) mass is 229 g/mol. The molecule has 0 radical (unpaired) electrons. The molecule has 1 saturated heterocycles. The third-order valence-corrected chi connectivity index (χ3v) is 2.98. The molecular weight excluding hydrogens is 206 g/mol. The maximum absolute atomic E-state index is 11.7. The fraction of sp³-hybridized carbons (Fsp3) is 0.909. The van der Waals surface area contributed by atoms with Crippen molar-refractivity contribution in [2.75, 3.05) is 46.3 Å². The van der Waals surface area contributed by atoms with E-state index >= 15 is 0 Å². The third kappa shape index (κ3) is 4.47. The number of piperazine rings is 1. The first-order valence-corrected chi connectivity index (χ1v) is 5.98. The highest BCUT2D eigenvalue weighted by Crippen LogP contribution is 1.98. The summed E-state index contributed by atoms with van der Waals surface area (Å²) in [5.41, 5.74) is 0. The van der Waals surface area contributed by atoms with Crippen LogP contribution in [-0.4, -0.2) is 73.2 Å². The molecule has 1 aliphatic heterocycles. The van der Waals surface area contributed by atoms with Gasteiger partial charge in [-0.05, 0) is 13.5 Å². The lowest BCUT2D eigenvalue weighted by Gasteiger charge is -2.32. The molecule has 1 aliphatic rings. The molecule has 1 unspecified atom stereocenters. The van der Waals surface area contributed by atoms with Gasteiger partial charge in [-0.15, -0.1) is 0 Å². The predicted molar refractivity (Wildman–Crippen MR) is 63.2 cm³/mol. The van der Waals surface area contributed by atoms with Gasteiger partial charge in [-0.2, -0.15) is 0 Å². The lowest BCUT2D eigenvalue weighted by Crippen LogP contribution is -2.49. The highest BCUT2D eigenvalue weighted by Gasteiger charge is 2.18. The standard InChI is InChI=1S/C11H23N3O2/c1-3-10(15)8-12-9-11(16)14-6-4-13(2)5-7-14/h10,12,15H,3-9H2,1-2H3. The first kappa shape index (κ1) is 13.4. The van der Waals surface area contributed by atoms with E-state index in [1.54, 1.807) is 0 Å². The van der Waals surface area contributed by atoms with Crippen LogP contribution in [0.1, 0.15) is 13.3 Å². The van der Waals surface area contributed by atoms with Gasteiger partial charge < -0.3 is 20.2 Å². The van der Waals surface area contributed by atoms with Crippen LogP contribution in [0.4, 0.5) is 0 Å². The lowest BCUT2D eigenvalue weighted by molar-refractivity contribution is -0.131. The van der Waals surface area contributed by atoms with Crippen molar-refractivity contribution in [2.45, 2.75) is 19.4 Å². The van der Waals surface area contributed by atoms with Gasteiger partial charge in [0.15, 0.2) is 0 Å². The number of hydrogen-bond donors (Lipinski definition) is 2. The Balaban J connectivity index is 2.15. The predicted octanol–water partition coefficient (Wildman–Crippen LogP) is -0.879. The van der Waals surface area contributed by atoms with E-state index in [1.165, 1.54) is 0 Å². The second kappa shape index (κ2) is 6.83. The smallest absolute Gasteiger partial charge is 0.236 e. The molecule has 94 valence electrons. The minimum Gasteiger partial charge on any atom is -0.392 e. The maximum Gasteiger partial charge on any atom is 0.236 e. The molecule has 5 nitrogen and oxygen atoms in total. The molecule has 16 heavy (non-hydrogen) atoms. The summed E-state index contributed by atoms with van der Waals surface area (Å²) in [7, 11) is 2.07. The van der Waals surface area contributed by atoms with E-state index in [1.807, 2.05) is 11.8 Å². The number of nitrogens with zero attached hydrogens (tertiary/aromatic N) is 2. The lowest BCUT2D eigenvalue weighted by atomic mass is 10.3. The summed E-state index contributed by atoms with van der Waals surface area (Å²) in [6, 6.07) is 0. The summed E-state index contributed by atoms with van der Waals surface area (Å²) in [5, 5.41) is 12.3. The molecule has 2 N–H and O–H groups in total. The van der Waals surface area contributed by atoms with E-state index in [0.29, 0.717) is 13.1 Å². The number of aliphatic hydroxyl groups excluding tert-OH is 1. The van der Waals surface area contributed by atoms with Gasteiger partial charge in [-0.3, -0.25) is 4.79 Å². The van der Waals surface area contributed by atoms with Crippen molar-refractivity contribution in [2.24, 2.45) is 0 Å². The zero-order chi connectivity index (χ0) is 12.0. The number of likely N-dealkylation sites (N-methyl/N-ethyl adjacent to an activating group) is 1. The van der Waals surface area contributed by atoms with Gasteiger partial charge in [0.2, 0.25) is 5.91 Å². The van der Waals surface area contributed by atoms with Crippen LogP contribution in [0, 0.1) is 0 Å². The van der Waals surface area contributed by atoms with Crippen molar-refractivity contribution in [1.82, 2.24) is 15.1 Å². The first-order chi connectivity index (χ1) is 7.63. The van der Waals surface area contributed by atoms with E-state index in [9.17, 15) is 9.90 Å². The van der Waals surface area contributed by atoms with E-state index in [2.05, 4.69) is 17.3 Å². The van der Waals surface area contributed by atoms with Gasteiger partial charge in [0.1, 0.15) is 0 Å². The molecule has 1 atom stereocenters. The second-order valence-electron chi connectivity index (χ2n) is 4.38. The van der Waals surface area contributed by atoms with Crippen LogP contribution in [0.3, 0.4) is 0 Å². The molecule has 1 rings (SSSR count). The Kier molecular flexibility index (Phi) is 5.73. The van der Waals surface area contributed by atoms with Gasteiger partial charge in [0.05, 0.1) is 12.6 Å². The second-order valence-corrected chi connectivity index (χ2v) is 4.38. The summed E-state index contributed by atoms with van der Waals surface area (Å²) >= 11 is 0. The zero-order valence-electron chi connectivity index (χ0n) is 10.3. The molecular formula is C11H23N3O2. The molecule has 0 aromatic heterocycles. The number of rotatable bonds is 5. The molecule has 1 heterocycles. The number of carbonyl (C=O) groups is 1. The van der Waals surface area contributed by atoms with Gasteiger partial charge in [0, 0.05) is 32.7 Å². The Morgan fingerprint density at radius 3 is 2.56 bits per heavy atom. The molecule has 0 spiro atoms. The number of nitrogens with one attached hydrogen (secondary N) is 1. The van der Waals surface area contributed by atoms with E-state index < -0.39 is 0 Å². The first-order valence-electron chi connectivity index (χ1n) is 5.98. The molecule has 0 saturated carbocycles. The van der Waals surface area contributed by atoms with E-state index in [-0.39, 0.29) is 12.0 Å². The van der Waals surface area contributed by atoms with Crippen molar-refractivity contribution in [3.8, 4) is 0 Å². The highest BCUT2D eigenvalue weighted by molar-refractivity contribution is 5.78. The van der Waals surface area contributed by atoms with Gasteiger partial charge in [-0.25, -0.2) is 0 Å². The minimum atomic E-state index is -0.347. The zero-order valence-corrected chi connectivity index (χ0v) is 10.3. The SMILES string of the molecule is CCC(O)CNCC(=O)N1CCN(C)CC1. The Bertz CT molecular complexity index is 215. The third-order valence-electron chi connectivity index (χ3n) is 2.98. The summed E-state index contributed by atoms with van der Waals surface area (Å²) in [4.78, 5) is 15.8. The van der Waals surface area contributed by atoms with Crippen LogP contribution in [0.5, 0.6) is 0 Å². The normalized spacial score (nSPS) is 19.8. The van der Waals surface area contributed by atoms with Gasteiger partial charge in [0.25, 0.3) is 0 Å². The topological polar surface area (TPSA) is 55.8 Å². The maximum atomic E-state index is 11.7. The summed E-state index contributed by atoms with van der Waals surface area (Å²) < 4.78 is 0. The van der Waals surface area contributed by atoms with Crippen molar-refractivity contribution in [1.29, 1.82) is 0 Å². The van der Waals surface area contributed by atoms with Crippen molar-refractivity contribution in [3.63, 3.8) is 0 Å². The largest absolute Gasteiger partial charge is 0.392 e. The average Bonchev–Trinajstić information content (AvgIpc) is 2.29. The Morgan fingerprint density at radius 1 is 1.38 bits per heavy atom. The molecule has 0 aromatic rings. The number of amides is 1. The highest BCUT2D eigenvalue weighted by atomic mass is 16.3. The number of hydrogen-bond acceptors (Lipinski definition) is 4. The number of aliphatic hydroxyl groups is 1. The molecule has 0 aliphatic carbocycles. The van der Waals surface area contributed by atoms with Crippen LogP contribution in [0.15, 0.2) is 0 Å². The molecule has 1 amide bonds. The summed E-state index contributed by atoms with van der Waals surface area (Å²) in [5.74, 6) is 0.136. The Morgan fingerprint density at radius 2 is 2.00 bits per heavy atom. The average molecular weight is 229 g/mol. The van der Waals surface area contributed by atoms with E-state index in [4.69, 9.17) is 0 Å². The fourth-order valence-corrected chi connectivity index (χ4v) is 1.66. The van der Waals surface area contributed by atoms with Crippen molar-refractivity contribution >= 4 is 5.91 Å². The molecule has 1 fully saturated rings. The fourth-order valence-electron chi connectivity index (χ4n) is 1.66.